The number of ketones is 1. The van der Waals surface area contributed by atoms with Gasteiger partial charge in [-0.05, 0) is 98.2 Å². The molecule has 5 aliphatic carbocycles. The van der Waals surface area contributed by atoms with E-state index in [-0.39, 0.29) is 33.2 Å². The molecule has 2 N–H and O–H groups in total. The molecule has 6 heteroatoms. The molecule has 0 aromatic carbocycles. The predicted molar refractivity (Wildman–Crippen MR) is 139 cm³/mol. The second kappa shape index (κ2) is 7.22. The van der Waals surface area contributed by atoms with Crippen LogP contribution in [-0.4, -0.2) is 31.1 Å². The van der Waals surface area contributed by atoms with Gasteiger partial charge in [-0.2, -0.15) is 0 Å². The Balaban J connectivity index is 1.61. The second-order valence-corrected chi connectivity index (χ2v) is 15.2. The molecule has 3 fully saturated rings. The van der Waals surface area contributed by atoms with Gasteiger partial charge >= 0.3 is 0 Å². The number of aliphatic hydroxyl groups is 1. The quantitative estimate of drug-likeness (QED) is 0.494. The summed E-state index contributed by atoms with van der Waals surface area (Å²) >= 11 is 0. The van der Waals surface area contributed by atoms with Gasteiger partial charge in [0.05, 0.1) is 6.26 Å². The van der Waals surface area contributed by atoms with Gasteiger partial charge in [-0.15, -0.1) is 0 Å². The Morgan fingerprint density at radius 3 is 2.29 bits per heavy atom. The van der Waals surface area contributed by atoms with Gasteiger partial charge in [0.1, 0.15) is 0 Å². The molecule has 35 heavy (non-hydrogen) atoms. The molecule has 5 aliphatic rings. The first-order valence-corrected chi connectivity index (χ1v) is 15.0. The minimum absolute atomic E-state index is 0.0177. The smallest absolute Gasteiger partial charge is 0.220 e. The van der Waals surface area contributed by atoms with Crippen LogP contribution in [0.15, 0.2) is 46.3 Å². The number of aliphatic hydroxyl groups excluding tert-OH is 1. The van der Waals surface area contributed by atoms with Crippen molar-refractivity contribution in [3.05, 3.63) is 46.3 Å². The Morgan fingerprint density at radius 1 is 0.971 bits per heavy atom. The first-order valence-electron chi connectivity index (χ1n) is 13.1. The fraction of sp³-hybridized carbons (Fsp3) is 0.690. The zero-order valence-corrected chi connectivity index (χ0v) is 23.2. The van der Waals surface area contributed by atoms with Crippen molar-refractivity contribution in [1.82, 2.24) is 4.72 Å². The monoisotopic (exact) mass is 499 g/mol. The maximum absolute atomic E-state index is 12.6. The topological polar surface area (TPSA) is 83.5 Å². The first kappa shape index (κ1) is 25.0. The van der Waals surface area contributed by atoms with Crippen molar-refractivity contribution in [2.75, 3.05) is 6.26 Å². The number of rotatable bonds is 2. The van der Waals surface area contributed by atoms with Gasteiger partial charge in [-0.3, -0.25) is 4.79 Å². The lowest BCUT2D eigenvalue weighted by Gasteiger charge is -2.70. The average Bonchev–Trinajstić information content (AvgIpc) is 2.75. The molecule has 0 aliphatic heterocycles. The van der Waals surface area contributed by atoms with Crippen molar-refractivity contribution in [3.63, 3.8) is 0 Å². The van der Waals surface area contributed by atoms with Crippen LogP contribution in [0.4, 0.5) is 0 Å². The van der Waals surface area contributed by atoms with Crippen molar-refractivity contribution in [2.45, 2.75) is 92.0 Å². The summed E-state index contributed by atoms with van der Waals surface area (Å²) in [5.41, 5.74) is 3.61. The number of hydrogen-bond acceptors (Lipinski definition) is 4. The number of allylic oxidation sites excluding steroid dienone is 7. The van der Waals surface area contributed by atoms with E-state index in [2.05, 4.69) is 51.5 Å². The van der Waals surface area contributed by atoms with E-state index >= 15 is 0 Å². The summed E-state index contributed by atoms with van der Waals surface area (Å²) in [5.74, 6) is -0.0347. The van der Waals surface area contributed by atoms with Gasteiger partial charge in [0.2, 0.25) is 15.8 Å². The van der Waals surface area contributed by atoms with E-state index in [1.807, 2.05) is 6.92 Å². The molecular formula is C29H41NO4S. The summed E-state index contributed by atoms with van der Waals surface area (Å²) < 4.78 is 27.5. The highest BCUT2D eigenvalue weighted by molar-refractivity contribution is 7.88. The zero-order chi connectivity index (χ0) is 25.8. The zero-order valence-electron chi connectivity index (χ0n) is 22.3. The van der Waals surface area contributed by atoms with Gasteiger partial charge in [0, 0.05) is 16.5 Å². The number of sulfonamides is 1. The van der Waals surface area contributed by atoms with Crippen LogP contribution in [0.1, 0.15) is 86.5 Å². The van der Waals surface area contributed by atoms with E-state index in [0.29, 0.717) is 11.5 Å². The summed E-state index contributed by atoms with van der Waals surface area (Å²) in [6.45, 7) is 13.5. The largest absolute Gasteiger partial charge is 0.504 e. The number of fused-ring (bicyclic) bond motifs is 7. The molecule has 0 saturated heterocycles. The minimum atomic E-state index is -3.29. The minimum Gasteiger partial charge on any atom is -0.504 e. The lowest BCUT2D eigenvalue weighted by atomic mass is 9.35. The van der Waals surface area contributed by atoms with E-state index < -0.39 is 15.6 Å². The highest BCUT2D eigenvalue weighted by Crippen LogP contribution is 2.75. The van der Waals surface area contributed by atoms with Crippen molar-refractivity contribution in [2.24, 2.45) is 27.6 Å². The lowest BCUT2D eigenvalue weighted by Crippen LogP contribution is -2.64. The molecule has 6 atom stereocenters. The van der Waals surface area contributed by atoms with E-state index in [4.69, 9.17) is 0 Å². The van der Waals surface area contributed by atoms with Crippen LogP contribution in [0.5, 0.6) is 0 Å². The summed E-state index contributed by atoms with van der Waals surface area (Å²) in [7, 11) is -3.29. The molecule has 5 nitrogen and oxygen atoms in total. The SMILES string of the molecule is CC1=C(O)C(=O)C=C2C1=CC=C1[C@@]2(C)CC[C@@]2(C)[C@@H]3C[C@](C)(NS(C)(=O)=O)CC[C@]3(C)CC[C@]12C. The highest BCUT2D eigenvalue weighted by atomic mass is 32.2. The fourth-order valence-electron chi connectivity index (χ4n) is 9.00. The van der Waals surface area contributed by atoms with Crippen LogP contribution in [0.3, 0.4) is 0 Å². The summed E-state index contributed by atoms with van der Waals surface area (Å²) in [6, 6.07) is 0. The Kier molecular flexibility index (Phi) is 5.16. The summed E-state index contributed by atoms with van der Waals surface area (Å²) in [5, 5.41) is 10.3. The molecule has 0 spiro atoms. The highest BCUT2D eigenvalue weighted by Gasteiger charge is 2.66. The first-order chi connectivity index (χ1) is 16.0. The lowest BCUT2D eigenvalue weighted by molar-refractivity contribution is -0.152. The normalized spacial score (nSPS) is 45.4. The van der Waals surface area contributed by atoms with Crippen LogP contribution in [0, 0.1) is 27.6 Å². The van der Waals surface area contributed by atoms with Gasteiger partial charge in [-0.1, -0.05) is 45.4 Å². The Hall–Kier alpha value is -1.66. The Labute approximate surface area is 210 Å². The second-order valence-electron chi connectivity index (χ2n) is 13.5. The van der Waals surface area contributed by atoms with Crippen LogP contribution in [-0.2, 0) is 14.8 Å². The van der Waals surface area contributed by atoms with E-state index in [0.717, 1.165) is 56.1 Å². The van der Waals surface area contributed by atoms with Gasteiger partial charge in [0.15, 0.2) is 5.76 Å². The summed E-state index contributed by atoms with van der Waals surface area (Å²) in [6.07, 6.45) is 14.3. The molecule has 0 bridgehead atoms. The standard InChI is InChI=1S/C29H41NO4S/c1-18-19-8-9-22-27(4,20(19)16-21(31)24(18)32)13-15-29(6)23-17-26(3,30-35(7,33)34)12-10-25(23,2)11-14-28(22,29)5/h8-9,16,23,30,32H,10-15,17H2,1-7H3/t23-,25-,26-,27+,28-,29+/m1/s1. The van der Waals surface area contributed by atoms with Crippen LogP contribution < -0.4 is 4.72 Å². The Morgan fingerprint density at radius 2 is 1.63 bits per heavy atom. The van der Waals surface area contributed by atoms with Gasteiger partial charge in [0.25, 0.3) is 0 Å². The van der Waals surface area contributed by atoms with Crippen LogP contribution in [0.25, 0.3) is 0 Å². The van der Waals surface area contributed by atoms with Gasteiger partial charge in [-0.25, -0.2) is 13.1 Å². The number of carbonyl (C=O) groups is 1. The third-order valence-corrected chi connectivity index (χ3v) is 12.2. The molecule has 0 radical (unpaired) electrons. The maximum atomic E-state index is 12.6. The molecule has 0 heterocycles. The maximum Gasteiger partial charge on any atom is 0.220 e. The van der Waals surface area contributed by atoms with E-state index in [9.17, 15) is 18.3 Å². The van der Waals surface area contributed by atoms with Gasteiger partial charge < -0.3 is 5.11 Å². The number of carbonyl (C=O) groups excluding carboxylic acids is 1. The fourth-order valence-corrected chi connectivity index (χ4v) is 10.1. The molecule has 5 rings (SSSR count). The molecule has 192 valence electrons. The van der Waals surface area contributed by atoms with E-state index in [1.165, 1.54) is 11.8 Å². The summed E-state index contributed by atoms with van der Waals surface area (Å²) in [4.78, 5) is 12.6. The Bertz CT molecular complexity index is 1260. The molecule has 0 unspecified atom stereocenters. The molecule has 0 aromatic heterocycles. The third kappa shape index (κ3) is 3.34. The molecule has 0 amide bonds. The van der Waals surface area contributed by atoms with Crippen molar-refractivity contribution < 1.29 is 18.3 Å². The average molecular weight is 500 g/mol. The predicted octanol–water partition coefficient (Wildman–Crippen LogP) is 5.91. The molecule has 3 saturated carbocycles. The van der Waals surface area contributed by atoms with Crippen LogP contribution >= 0.6 is 0 Å². The van der Waals surface area contributed by atoms with Crippen molar-refractivity contribution in [3.8, 4) is 0 Å². The molecular weight excluding hydrogens is 458 g/mol. The van der Waals surface area contributed by atoms with Crippen LogP contribution in [0.2, 0.25) is 0 Å². The van der Waals surface area contributed by atoms with E-state index in [1.54, 1.807) is 6.08 Å². The van der Waals surface area contributed by atoms with Crippen molar-refractivity contribution in [1.29, 1.82) is 0 Å². The number of hydrogen-bond donors (Lipinski definition) is 2. The molecule has 0 aromatic rings. The number of nitrogens with one attached hydrogen (secondary N) is 1. The third-order valence-electron chi connectivity index (χ3n) is 11.3. The van der Waals surface area contributed by atoms with Crippen molar-refractivity contribution >= 4 is 15.8 Å².